The predicted octanol–water partition coefficient (Wildman–Crippen LogP) is 5.10. The lowest BCUT2D eigenvalue weighted by molar-refractivity contribution is -0.384. The summed E-state index contributed by atoms with van der Waals surface area (Å²) in [5.74, 6) is 0. The second-order valence-corrected chi connectivity index (χ2v) is 5.69. The first-order chi connectivity index (χ1) is 12.1. The third-order valence-corrected chi connectivity index (χ3v) is 3.92. The molecule has 2 aromatic carbocycles. The van der Waals surface area contributed by atoms with Gasteiger partial charge in [0, 0.05) is 34.7 Å². The van der Waals surface area contributed by atoms with Gasteiger partial charge in [-0.05, 0) is 48.0 Å². The van der Waals surface area contributed by atoms with Crippen LogP contribution in [0.5, 0.6) is 0 Å². The second-order valence-electron chi connectivity index (χ2n) is 5.26. The molecule has 1 aromatic heterocycles. The number of halogens is 1. The third-order valence-electron chi connectivity index (χ3n) is 3.67. The number of nitro groups is 1. The van der Waals surface area contributed by atoms with Gasteiger partial charge in [-0.2, -0.15) is 5.26 Å². The highest BCUT2D eigenvalue weighted by molar-refractivity contribution is 6.30. The highest BCUT2D eigenvalue weighted by Gasteiger charge is 2.10. The maximum absolute atomic E-state index is 10.9. The maximum atomic E-state index is 10.9. The van der Waals surface area contributed by atoms with Gasteiger partial charge >= 0.3 is 0 Å². The number of hydrogen-bond donors (Lipinski definition) is 0. The van der Waals surface area contributed by atoms with Gasteiger partial charge in [0.05, 0.1) is 16.6 Å². The van der Waals surface area contributed by atoms with Crippen molar-refractivity contribution in [1.82, 2.24) is 4.57 Å². The Morgan fingerprint density at radius 1 is 1.16 bits per heavy atom. The SMILES string of the molecule is N#C/C(=C/c1cccn1-c1ccc(Cl)cc1)c1cccc([N+](=O)[O-])c1. The number of aromatic nitrogens is 1. The summed E-state index contributed by atoms with van der Waals surface area (Å²) >= 11 is 5.92. The van der Waals surface area contributed by atoms with E-state index in [1.807, 2.05) is 35.0 Å². The second kappa shape index (κ2) is 7.04. The van der Waals surface area contributed by atoms with Crippen LogP contribution in [0.15, 0.2) is 66.9 Å². The van der Waals surface area contributed by atoms with Crippen LogP contribution in [0.25, 0.3) is 17.3 Å². The molecule has 0 unspecified atom stereocenters. The summed E-state index contributed by atoms with van der Waals surface area (Å²) in [6.45, 7) is 0. The summed E-state index contributed by atoms with van der Waals surface area (Å²) in [5, 5.41) is 21.1. The Morgan fingerprint density at radius 2 is 1.92 bits per heavy atom. The van der Waals surface area contributed by atoms with Crippen molar-refractivity contribution in [3.63, 3.8) is 0 Å². The first-order valence-corrected chi connectivity index (χ1v) is 7.76. The van der Waals surface area contributed by atoms with Crippen LogP contribution in [0.1, 0.15) is 11.3 Å². The van der Waals surface area contributed by atoms with Gasteiger partial charge in [-0.15, -0.1) is 0 Å². The van der Waals surface area contributed by atoms with Crippen LogP contribution in [-0.4, -0.2) is 9.49 Å². The fourth-order valence-corrected chi connectivity index (χ4v) is 2.59. The van der Waals surface area contributed by atoms with E-state index in [4.69, 9.17) is 11.6 Å². The van der Waals surface area contributed by atoms with E-state index >= 15 is 0 Å². The molecule has 0 aliphatic carbocycles. The number of allylic oxidation sites excluding steroid dienone is 1. The van der Waals surface area contributed by atoms with Crippen molar-refractivity contribution in [1.29, 1.82) is 5.26 Å². The quantitative estimate of drug-likeness (QED) is 0.373. The molecule has 3 aromatic rings. The molecular weight excluding hydrogens is 338 g/mol. The van der Waals surface area contributed by atoms with E-state index in [1.165, 1.54) is 12.1 Å². The lowest BCUT2D eigenvalue weighted by Gasteiger charge is -2.07. The molecule has 0 amide bonds. The third kappa shape index (κ3) is 3.60. The highest BCUT2D eigenvalue weighted by Crippen LogP contribution is 2.24. The smallest absolute Gasteiger partial charge is 0.270 e. The lowest BCUT2D eigenvalue weighted by Crippen LogP contribution is -1.95. The minimum atomic E-state index is -0.477. The van der Waals surface area contributed by atoms with Crippen molar-refractivity contribution in [2.45, 2.75) is 0 Å². The number of hydrogen-bond acceptors (Lipinski definition) is 3. The average molecular weight is 350 g/mol. The van der Waals surface area contributed by atoms with E-state index in [9.17, 15) is 15.4 Å². The summed E-state index contributed by atoms with van der Waals surface area (Å²) in [5.41, 5.74) is 2.48. The van der Waals surface area contributed by atoms with Gasteiger partial charge in [-0.3, -0.25) is 10.1 Å². The minimum absolute atomic E-state index is 0.0493. The van der Waals surface area contributed by atoms with Crippen LogP contribution in [0.2, 0.25) is 5.02 Å². The van der Waals surface area contributed by atoms with Crippen molar-refractivity contribution < 1.29 is 4.92 Å². The van der Waals surface area contributed by atoms with Gasteiger partial charge in [0.1, 0.15) is 0 Å². The van der Waals surface area contributed by atoms with E-state index in [2.05, 4.69) is 6.07 Å². The Balaban J connectivity index is 2.04. The summed E-state index contributed by atoms with van der Waals surface area (Å²) in [7, 11) is 0. The Kier molecular flexibility index (Phi) is 4.64. The molecule has 0 spiro atoms. The van der Waals surface area contributed by atoms with E-state index in [0.29, 0.717) is 16.2 Å². The van der Waals surface area contributed by atoms with Crippen LogP contribution >= 0.6 is 11.6 Å². The molecule has 0 atom stereocenters. The average Bonchev–Trinajstić information content (AvgIpc) is 3.08. The van der Waals surface area contributed by atoms with Crippen molar-refractivity contribution in [3.05, 3.63) is 93.3 Å². The van der Waals surface area contributed by atoms with E-state index in [1.54, 1.807) is 30.3 Å². The molecule has 1 heterocycles. The molecule has 6 heteroatoms. The maximum Gasteiger partial charge on any atom is 0.270 e. The predicted molar refractivity (Wildman–Crippen MR) is 97.4 cm³/mol. The van der Waals surface area contributed by atoms with Crippen LogP contribution in [0, 0.1) is 21.4 Å². The Hall–Kier alpha value is -3.36. The number of nitriles is 1. The van der Waals surface area contributed by atoms with Gasteiger partial charge in [-0.25, -0.2) is 0 Å². The number of non-ortho nitro benzene ring substituents is 1. The normalized spacial score (nSPS) is 11.1. The van der Waals surface area contributed by atoms with Crippen LogP contribution in [-0.2, 0) is 0 Å². The molecule has 0 aliphatic rings. The van der Waals surface area contributed by atoms with Gasteiger partial charge in [0.15, 0.2) is 0 Å². The Morgan fingerprint density at radius 3 is 2.60 bits per heavy atom. The molecule has 0 bridgehead atoms. The first-order valence-electron chi connectivity index (χ1n) is 7.38. The zero-order chi connectivity index (χ0) is 17.8. The zero-order valence-electron chi connectivity index (χ0n) is 13.0. The zero-order valence-corrected chi connectivity index (χ0v) is 13.7. The van der Waals surface area contributed by atoms with Crippen LogP contribution in [0.4, 0.5) is 5.69 Å². The van der Waals surface area contributed by atoms with Crippen LogP contribution < -0.4 is 0 Å². The van der Waals surface area contributed by atoms with Gasteiger partial charge in [0.25, 0.3) is 5.69 Å². The Labute approximate surface area is 149 Å². The molecule has 0 N–H and O–H groups in total. The summed E-state index contributed by atoms with van der Waals surface area (Å²) in [6.07, 6.45) is 3.57. The van der Waals surface area contributed by atoms with Crippen molar-refractivity contribution in [2.24, 2.45) is 0 Å². The Bertz CT molecular complexity index is 998. The number of nitrogens with zero attached hydrogens (tertiary/aromatic N) is 3. The topological polar surface area (TPSA) is 71.9 Å². The molecule has 3 rings (SSSR count). The fourth-order valence-electron chi connectivity index (χ4n) is 2.46. The van der Waals surface area contributed by atoms with E-state index in [-0.39, 0.29) is 5.69 Å². The molecule has 0 saturated heterocycles. The number of benzene rings is 2. The molecule has 5 nitrogen and oxygen atoms in total. The van der Waals surface area contributed by atoms with E-state index < -0.39 is 4.92 Å². The standard InChI is InChI=1S/C19H12ClN3O2/c20-16-6-8-17(9-7-16)22-10-2-5-18(22)12-15(13-21)14-3-1-4-19(11-14)23(24)25/h1-12H/b15-12-. The van der Waals surface area contributed by atoms with Crippen molar-refractivity contribution in [2.75, 3.05) is 0 Å². The molecule has 25 heavy (non-hydrogen) atoms. The van der Waals surface area contributed by atoms with Gasteiger partial charge in [-0.1, -0.05) is 23.7 Å². The highest BCUT2D eigenvalue weighted by atomic mass is 35.5. The molecule has 0 aliphatic heterocycles. The summed E-state index contributed by atoms with van der Waals surface area (Å²) in [6, 6.07) is 19.2. The molecular formula is C19H12ClN3O2. The monoisotopic (exact) mass is 349 g/mol. The lowest BCUT2D eigenvalue weighted by atomic mass is 10.1. The molecule has 0 fully saturated rings. The van der Waals surface area contributed by atoms with E-state index in [0.717, 1.165) is 11.4 Å². The van der Waals surface area contributed by atoms with Crippen LogP contribution in [0.3, 0.4) is 0 Å². The molecule has 0 saturated carbocycles. The number of rotatable bonds is 4. The largest absolute Gasteiger partial charge is 0.317 e. The van der Waals surface area contributed by atoms with Gasteiger partial charge in [0.2, 0.25) is 0 Å². The minimum Gasteiger partial charge on any atom is -0.317 e. The summed E-state index contributed by atoms with van der Waals surface area (Å²) in [4.78, 5) is 10.5. The fraction of sp³-hybridized carbons (Fsp3) is 0. The molecule has 0 radical (unpaired) electrons. The molecule has 122 valence electrons. The van der Waals surface area contributed by atoms with Crippen molar-refractivity contribution >= 4 is 28.9 Å². The first kappa shape index (κ1) is 16.5. The van der Waals surface area contributed by atoms with Crippen molar-refractivity contribution in [3.8, 4) is 11.8 Å². The number of nitro benzene ring substituents is 1. The summed E-state index contributed by atoms with van der Waals surface area (Å²) < 4.78 is 1.91. The van der Waals surface area contributed by atoms with Gasteiger partial charge < -0.3 is 4.57 Å².